The number of ether oxygens (including phenoxy) is 1. The van der Waals surface area contributed by atoms with Crippen LogP contribution in [0.1, 0.15) is 112 Å². The topological polar surface area (TPSA) is 42.7 Å². The highest BCUT2D eigenvalue weighted by Crippen LogP contribution is 2.55. The first-order chi connectivity index (χ1) is 27.1. The Bertz CT molecular complexity index is 2840. The van der Waals surface area contributed by atoms with E-state index in [-0.39, 0.29) is 28.4 Å². The van der Waals surface area contributed by atoms with E-state index >= 15 is 0 Å². The molecule has 0 bridgehead atoms. The first-order valence-electron chi connectivity index (χ1n) is 20.5. The summed E-state index contributed by atoms with van der Waals surface area (Å²) in [5, 5.41) is 2.46. The Kier molecular flexibility index (Phi) is 7.62. The van der Waals surface area contributed by atoms with Crippen LogP contribution in [-0.4, -0.2) is 21.5 Å². The second-order valence-corrected chi connectivity index (χ2v) is 19.2. The van der Waals surface area contributed by atoms with Gasteiger partial charge in [0.1, 0.15) is 11.9 Å². The van der Waals surface area contributed by atoms with Gasteiger partial charge in [0.05, 0.1) is 28.5 Å². The summed E-state index contributed by atoms with van der Waals surface area (Å²) in [7, 11) is 0. The van der Waals surface area contributed by atoms with E-state index in [0.29, 0.717) is 0 Å². The SMILES string of the molecule is Cc1cc(C)c(N2c3ccccc3C(C)(C)c3cc4c5ccccc5n(-c5cc(C(C)(C)C)ccn5)c4cc32)cc1C1=N[C@@H]2Cc3c(cccc3C(C)(C)C)[C@@H]2O1. The summed E-state index contributed by atoms with van der Waals surface area (Å²) in [6, 6.07) is 38.5. The van der Waals surface area contributed by atoms with Crippen molar-refractivity contribution in [3.63, 3.8) is 0 Å². The molecule has 0 fully saturated rings. The molecule has 0 amide bonds. The number of aliphatic imine (C=N–C) groups is 1. The summed E-state index contributed by atoms with van der Waals surface area (Å²) < 4.78 is 9.27. The number of aromatic nitrogens is 2. The van der Waals surface area contributed by atoms with Crippen LogP contribution in [0.5, 0.6) is 0 Å². The number of hydrogen-bond donors (Lipinski definition) is 0. The Morgan fingerprint density at radius 3 is 2.25 bits per heavy atom. The van der Waals surface area contributed by atoms with Crippen LogP contribution in [0.3, 0.4) is 0 Å². The zero-order chi connectivity index (χ0) is 39.8. The van der Waals surface area contributed by atoms with Crippen molar-refractivity contribution in [1.82, 2.24) is 9.55 Å². The van der Waals surface area contributed by atoms with Crippen molar-refractivity contribution in [3.05, 3.63) is 159 Å². The van der Waals surface area contributed by atoms with Crippen LogP contribution in [0, 0.1) is 13.8 Å². The third-order valence-electron chi connectivity index (χ3n) is 13.0. The van der Waals surface area contributed by atoms with Crippen molar-refractivity contribution < 1.29 is 4.74 Å². The predicted molar refractivity (Wildman–Crippen MR) is 237 cm³/mol. The number of fused-ring (bicyclic) bond motifs is 8. The Balaban J connectivity index is 1.17. The third-order valence-corrected chi connectivity index (χ3v) is 13.0. The first kappa shape index (κ1) is 35.7. The molecule has 57 heavy (non-hydrogen) atoms. The van der Waals surface area contributed by atoms with Crippen molar-refractivity contribution in [2.45, 2.75) is 104 Å². The average Bonchev–Trinajstić information content (AvgIpc) is 3.84. The highest BCUT2D eigenvalue weighted by Gasteiger charge is 2.43. The van der Waals surface area contributed by atoms with Gasteiger partial charge in [-0.15, -0.1) is 0 Å². The number of aryl methyl sites for hydroxylation is 2. The van der Waals surface area contributed by atoms with Gasteiger partial charge >= 0.3 is 0 Å². The fourth-order valence-corrected chi connectivity index (χ4v) is 10.0. The molecule has 0 saturated carbocycles. The maximum Gasteiger partial charge on any atom is 0.217 e. The number of anilines is 3. The monoisotopic (exact) mass is 748 g/mol. The smallest absolute Gasteiger partial charge is 0.217 e. The zero-order valence-corrected chi connectivity index (χ0v) is 35.0. The molecule has 5 aromatic carbocycles. The molecule has 7 aromatic rings. The highest BCUT2D eigenvalue weighted by molar-refractivity contribution is 6.11. The van der Waals surface area contributed by atoms with E-state index < -0.39 is 0 Å². The fraction of sp³-hybridized carbons (Fsp3) is 0.308. The predicted octanol–water partition coefficient (Wildman–Crippen LogP) is 12.9. The first-order valence-corrected chi connectivity index (χ1v) is 20.5. The minimum absolute atomic E-state index is 0.00838. The molecule has 3 aliphatic rings. The zero-order valence-electron chi connectivity index (χ0n) is 35.0. The van der Waals surface area contributed by atoms with Gasteiger partial charge in [-0.2, -0.15) is 0 Å². The number of hydrogen-bond acceptors (Lipinski definition) is 4. The van der Waals surface area contributed by atoms with E-state index in [1.807, 2.05) is 6.20 Å². The molecule has 286 valence electrons. The molecule has 2 atom stereocenters. The second kappa shape index (κ2) is 12.2. The molecule has 5 heteroatoms. The molecule has 1 aliphatic carbocycles. The van der Waals surface area contributed by atoms with Crippen LogP contribution in [0.2, 0.25) is 0 Å². The van der Waals surface area contributed by atoms with E-state index in [1.54, 1.807) is 0 Å². The molecule has 2 aromatic heterocycles. The minimum atomic E-state index is -0.249. The van der Waals surface area contributed by atoms with Crippen molar-refractivity contribution in [3.8, 4) is 5.82 Å². The van der Waals surface area contributed by atoms with Crippen molar-refractivity contribution in [1.29, 1.82) is 0 Å². The van der Waals surface area contributed by atoms with Crippen LogP contribution in [0.25, 0.3) is 27.6 Å². The van der Waals surface area contributed by atoms with Gasteiger partial charge in [0.25, 0.3) is 0 Å². The Morgan fingerprint density at radius 2 is 1.46 bits per heavy atom. The van der Waals surface area contributed by atoms with Crippen LogP contribution < -0.4 is 4.90 Å². The molecule has 0 saturated heterocycles. The minimum Gasteiger partial charge on any atom is -0.467 e. The third kappa shape index (κ3) is 5.34. The van der Waals surface area contributed by atoms with Gasteiger partial charge in [-0.05, 0) is 118 Å². The lowest BCUT2D eigenvalue weighted by Gasteiger charge is -2.42. The quantitative estimate of drug-likeness (QED) is 0.181. The standard InChI is InChI=1S/C52H52N4O/c1-30-24-31(2)44(28-35(30)49-54-41-27-36-34(48(41)57-49)17-15-19-38(36)51(6,7)8)55-43-21-14-12-18-39(43)52(9,10)40-26-37-33-16-11-13-20-42(33)56(45(37)29-46(40)55)47-25-32(22-23-53-47)50(3,4)5/h11-26,28-29,41,48H,27H2,1-10H3/t41-,48+/m1/s1. The maximum absolute atomic E-state index is 6.91. The molecule has 4 heterocycles. The van der Waals surface area contributed by atoms with E-state index in [2.05, 4.69) is 182 Å². The van der Waals surface area contributed by atoms with Gasteiger partial charge in [-0.25, -0.2) is 9.98 Å². The highest BCUT2D eigenvalue weighted by atomic mass is 16.5. The Labute approximate surface area is 337 Å². The molecule has 5 nitrogen and oxygen atoms in total. The number of rotatable bonds is 3. The van der Waals surface area contributed by atoms with Crippen LogP contribution in [0.4, 0.5) is 17.1 Å². The van der Waals surface area contributed by atoms with Gasteiger partial charge in [0.15, 0.2) is 0 Å². The molecule has 0 N–H and O–H groups in total. The molecular weight excluding hydrogens is 697 g/mol. The molecule has 2 aliphatic heterocycles. The van der Waals surface area contributed by atoms with Gasteiger partial charge in [0, 0.05) is 33.6 Å². The Hall–Kier alpha value is -5.68. The lowest BCUT2D eigenvalue weighted by Crippen LogP contribution is -2.31. The van der Waals surface area contributed by atoms with Crippen molar-refractivity contribution in [2.24, 2.45) is 4.99 Å². The lowest BCUT2D eigenvalue weighted by molar-refractivity contribution is 0.209. The number of nitrogens with zero attached hydrogens (tertiary/aromatic N) is 4. The molecule has 0 radical (unpaired) electrons. The summed E-state index contributed by atoms with van der Waals surface area (Å²) in [6.45, 7) is 22.9. The van der Waals surface area contributed by atoms with Gasteiger partial charge in [-0.3, -0.25) is 4.57 Å². The van der Waals surface area contributed by atoms with E-state index in [9.17, 15) is 0 Å². The lowest BCUT2D eigenvalue weighted by atomic mass is 9.73. The second-order valence-electron chi connectivity index (χ2n) is 19.2. The molecule has 10 rings (SSSR count). The number of pyridine rings is 1. The maximum atomic E-state index is 6.91. The fourth-order valence-electron chi connectivity index (χ4n) is 10.0. The van der Waals surface area contributed by atoms with E-state index in [0.717, 1.165) is 40.4 Å². The van der Waals surface area contributed by atoms with E-state index in [1.165, 1.54) is 66.7 Å². The number of para-hydroxylation sites is 2. The average molecular weight is 749 g/mol. The van der Waals surface area contributed by atoms with Gasteiger partial charge in [-0.1, -0.05) is 116 Å². The van der Waals surface area contributed by atoms with Gasteiger partial charge in [0.2, 0.25) is 5.90 Å². The molecule has 0 unspecified atom stereocenters. The van der Waals surface area contributed by atoms with Gasteiger partial charge < -0.3 is 9.64 Å². The summed E-state index contributed by atoms with van der Waals surface area (Å²) in [5.74, 6) is 1.68. The Morgan fingerprint density at radius 1 is 0.684 bits per heavy atom. The normalized spacial score (nSPS) is 18.3. The van der Waals surface area contributed by atoms with Crippen molar-refractivity contribution in [2.75, 3.05) is 4.90 Å². The molecular formula is C52H52N4O. The summed E-state index contributed by atoms with van der Waals surface area (Å²) in [4.78, 5) is 12.8. The largest absolute Gasteiger partial charge is 0.467 e. The van der Waals surface area contributed by atoms with E-state index in [4.69, 9.17) is 14.7 Å². The molecule has 0 spiro atoms. The van der Waals surface area contributed by atoms with Crippen LogP contribution >= 0.6 is 0 Å². The summed E-state index contributed by atoms with van der Waals surface area (Å²) >= 11 is 0. The summed E-state index contributed by atoms with van der Waals surface area (Å²) in [5.41, 5.74) is 17.0. The van der Waals surface area contributed by atoms with Crippen molar-refractivity contribution >= 4 is 44.8 Å². The van der Waals surface area contributed by atoms with Crippen LogP contribution in [0.15, 0.2) is 114 Å². The van der Waals surface area contributed by atoms with Crippen LogP contribution in [-0.2, 0) is 27.4 Å². The summed E-state index contributed by atoms with van der Waals surface area (Å²) in [6.07, 6.45) is 2.81. The number of benzene rings is 5.